The Morgan fingerprint density at radius 3 is 2.65 bits per heavy atom. The van der Waals surface area contributed by atoms with Gasteiger partial charge in [0.15, 0.2) is 17.3 Å². The third-order valence-electron chi connectivity index (χ3n) is 5.16. The molecule has 1 atom stereocenters. The molecule has 26 heavy (non-hydrogen) atoms. The molecule has 2 aliphatic heterocycles. The predicted molar refractivity (Wildman–Crippen MR) is 97.8 cm³/mol. The van der Waals surface area contributed by atoms with Crippen molar-refractivity contribution in [3.63, 3.8) is 0 Å². The van der Waals surface area contributed by atoms with Crippen molar-refractivity contribution in [1.82, 2.24) is 4.90 Å². The monoisotopic (exact) mass is 353 g/mol. The lowest BCUT2D eigenvalue weighted by molar-refractivity contribution is 0.0457. The van der Waals surface area contributed by atoms with Crippen LogP contribution in [0.25, 0.3) is 0 Å². The van der Waals surface area contributed by atoms with Crippen LogP contribution in [0.15, 0.2) is 48.5 Å². The molecule has 1 fully saturated rings. The van der Waals surface area contributed by atoms with Gasteiger partial charge < -0.3 is 14.6 Å². The van der Waals surface area contributed by atoms with Gasteiger partial charge in [0.05, 0.1) is 0 Å². The molecule has 0 aliphatic carbocycles. The summed E-state index contributed by atoms with van der Waals surface area (Å²) in [5.41, 5.74) is 0.772. The van der Waals surface area contributed by atoms with Crippen LogP contribution < -0.4 is 9.47 Å². The molecule has 0 unspecified atom stereocenters. The van der Waals surface area contributed by atoms with Crippen LogP contribution in [0.5, 0.6) is 11.5 Å². The Labute approximate surface area is 153 Å². The normalized spacial score (nSPS) is 22.3. The van der Waals surface area contributed by atoms with E-state index in [0.29, 0.717) is 56.2 Å². The number of nitrogens with zero attached hydrogens (tertiary/aromatic N) is 1. The lowest BCUT2D eigenvalue weighted by atomic mass is 9.93. The lowest BCUT2D eigenvalue weighted by Gasteiger charge is -2.24. The Bertz CT molecular complexity index is 792. The third-order valence-corrected chi connectivity index (χ3v) is 5.16. The second-order valence-electron chi connectivity index (χ2n) is 6.96. The van der Waals surface area contributed by atoms with Crippen molar-refractivity contribution < 1.29 is 19.4 Å². The highest BCUT2D eigenvalue weighted by Crippen LogP contribution is 2.33. The predicted octanol–water partition coefficient (Wildman–Crippen LogP) is 2.62. The number of ketones is 1. The molecule has 0 radical (unpaired) electrons. The van der Waals surface area contributed by atoms with Crippen LogP contribution in [0.3, 0.4) is 0 Å². The van der Waals surface area contributed by atoms with E-state index in [1.54, 1.807) is 18.2 Å². The van der Waals surface area contributed by atoms with Gasteiger partial charge in [-0.05, 0) is 30.2 Å². The number of hydrogen-bond donors (Lipinski definition) is 1. The third kappa shape index (κ3) is 3.45. The minimum Gasteiger partial charge on any atom is -0.486 e. The van der Waals surface area contributed by atoms with Crippen LogP contribution in [-0.4, -0.2) is 48.6 Å². The molecule has 0 amide bonds. The van der Waals surface area contributed by atoms with Gasteiger partial charge >= 0.3 is 0 Å². The largest absolute Gasteiger partial charge is 0.486 e. The zero-order valence-electron chi connectivity index (χ0n) is 14.7. The second kappa shape index (κ2) is 7.09. The molecule has 2 aromatic rings. The molecular formula is C21H23NO4. The fourth-order valence-corrected chi connectivity index (χ4v) is 3.67. The van der Waals surface area contributed by atoms with E-state index in [9.17, 15) is 9.90 Å². The average Bonchev–Trinajstić information content (AvgIpc) is 3.09. The SMILES string of the molecule is O=C(CCN1CC[C@@](O)(c2ccccc2)C1)c1ccc2c(c1)OCCO2. The molecule has 0 saturated carbocycles. The fraction of sp³-hybridized carbons (Fsp3) is 0.381. The molecule has 2 aromatic carbocycles. The van der Waals surface area contributed by atoms with E-state index in [1.165, 1.54) is 0 Å². The highest BCUT2D eigenvalue weighted by Gasteiger charge is 2.37. The number of aliphatic hydroxyl groups is 1. The molecule has 0 spiro atoms. The van der Waals surface area contributed by atoms with Gasteiger partial charge in [0.2, 0.25) is 0 Å². The van der Waals surface area contributed by atoms with Crippen LogP contribution in [0.4, 0.5) is 0 Å². The Kier molecular flexibility index (Phi) is 4.66. The summed E-state index contributed by atoms with van der Waals surface area (Å²) in [6, 6.07) is 15.1. The first-order valence-electron chi connectivity index (χ1n) is 9.07. The fourth-order valence-electron chi connectivity index (χ4n) is 3.67. The Hall–Kier alpha value is -2.37. The number of Topliss-reactive ketones (excluding diaryl/α,β-unsaturated/α-hetero) is 1. The number of carbonyl (C=O) groups excluding carboxylic acids is 1. The van der Waals surface area contributed by atoms with Crippen molar-refractivity contribution in [2.75, 3.05) is 32.8 Å². The van der Waals surface area contributed by atoms with Crippen LogP contribution in [0.2, 0.25) is 0 Å². The maximum absolute atomic E-state index is 12.5. The van der Waals surface area contributed by atoms with E-state index in [4.69, 9.17) is 9.47 Å². The first-order valence-corrected chi connectivity index (χ1v) is 9.07. The van der Waals surface area contributed by atoms with Gasteiger partial charge in [-0.3, -0.25) is 9.69 Å². The van der Waals surface area contributed by atoms with E-state index < -0.39 is 5.60 Å². The summed E-state index contributed by atoms with van der Waals surface area (Å²) in [7, 11) is 0. The second-order valence-corrected chi connectivity index (χ2v) is 6.96. The van der Waals surface area contributed by atoms with Crippen molar-refractivity contribution in [2.24, 2.45) is 0 Å². The summed E-state index contributed by atoms with van der Waals surface area (Å²) < 4.78 is 11.0. The highest BCUT2D eigenvalue weighted by molar-refractivity contribution is 5.96. The molecule has 5 nitrogen and oxygen atoms in total. The number of hydrogen-bond acceptors (Lipinski definition) is 5. The van der Waals surface area contributed by atoms with Crippen molar-refractivity contribution in [3.8, 4) is 11.5 Å². The summed E-state index contributed by atoms with van der Waals surface area (Å²) in [6.45, 7) is 3.05. The van der Waals surface area contributed by atoms with Gasteiger partial charge in [0, 0.05) is 31.6 Å². The van der Waals surface area contributed by atoms with Crippen LogP contribution in [0.1, 0.15) is 28.8 Å². The van der Waals surface area contributed by atoms with Crippen molar-refractivity contribution in [2.45, 2.75) is 18.4 Å². The topological polar surface area (TPSA) is 59.0 Å². The molecule has 136 valence electrons. The Morgan fingerprint density at radius 1 is 1.08 bits per heavy atom. The highest BCUT2D eigenvalue weighted by atomic mass is 16.6. The zero-order valence-corrected chi connectivity index (χ0v) is 14.7. The van der Waals surface area contributed by atoms with Gasteiger partial charge in [0.1, 0.15) is 18.8 Å². The van der Waals surface area contributed by atoms with Gasteiger partial charge in [-0.25, -0.2) is 0 Å². The lowest BCUT2D eigenvalue weighted by Crippen LogP contribution is -2.31. The number of rotatable bonds is 5. The van der Waals surface area contributed by atoms with Crippen molar-refractivity contribution in [3.05, 3.63) is 59.7 Å². The van der Waals surface area contributed by atoms with Gasteiger partial charge in [-0.2, -0.15) is 0 Å². The maximum atomic E-state index is 12.5. The summed E-state index contributed by atoms with van der Waals surface area (Å²) >= 11 is 0. The Morgan fingerprint density at radius 2 is 1.85 bits per heavy atom. The number of fused-ring (bicyclic) bond motifs is 1. The quantitative estimate of drug-likeness (QED) is 0.838. The maximum Gasteiger partial charge on any atom is 0.164 e. The molecule has 0 bridgehead atoms. The number of benzene rings is 2. The minimum absolute atomic E-state index is 0.0807. The number of ether oxygens (including phenoxy) is 2. The van der Waals surface area contributed by atoms with Gasteiger partial charge in [-0.1, -0.05) is 30.3 Å². The zero-order chi connectivity index (χ0) is 18.0. The molecular weight excluding hydrogens is 330 g/mol. The molecule has 1 saturated heterocycles. The van der Waals surface area contributed by atoms with E-state index in [2.05, 4.69) is 4.90 Å². The molecule has 2 aliphatic rings. The summed E-state index contributed by atoms with van der Waals surface area (Å²) in [6.07, 6.45) is 1.11. The van der Waals surface area contributed by atoms with E-state index in [1.807, 2.05) is 30.3 Å². The molecule has 2 heterocycles. The minimum atomic E-state index is -0.818. The number of β-amino-alcohol motifs (C(OH)–C–C–N with tert-alkyl or cyclic N) is 1. The standard InChI is InChI=1S/C21H23NO4/c23-18(16-6-7-19-20(14-16)26-13-12-25-19)8-10-22-11-9-21(24,15-22)17-4-2-1-3-5-17/h1-7,14,24H,8-13,15H2/t21-/m0/s1. The van der Waals surface area contributed by atoms with Gasteiger partial charge in [-0.15, -0.1) is 0 Å². The summed E-state index contributed by atoms with van der Waals surface area (Å²) in [4.78, 5) is 14.7. The van der Waals surface area contributed by atoms with Crippen LogP contribution >= 0.6 is 0 Å². The number of likely N-dealkylation sites (tertiary alicyclic amines) is 1. The van der Waals surface area contributed by atoms with Crippen LogP contribution in [-0.2, 0) is 5.60 Å². The molecule has 4 rings (SSSR count). The van der Waals surface area contributed by atoms with E-state index in [0.717, 1.165) is 12.1 Å². The van der Waals surface area contributed by atoms with E-state index >= 15 is 0 Å². The van der Waals surface area contributed by atoms with E-state index in [-0.39, 0.29) is 5.78 Å². The number of carbonyl (C=O) groups is 1. The smallest absolute Gasteiger partial charge is 0.164 e. The van der Waals surface area contributed by atoms with Gasteiger partial charge in [0.25, 0.3) is 0 Å². The molecule has 0 aromatic heterocycles. The average molecular weight is 353 g/mol. The molecule has 5 heteroatoms. The van der Waals surface area contributed by atoms with Crippen molar-refractivity contribution in [1.29, 1.82) is 0 Å². The first-order chi connectivity index (χ1) is 12.6. The molecule has 1 N–H and O–H groups in total. The van der Waals surface area contributed by atoms with Crippen molar-refractivity contribution >= 4 is 5.78 Å². The van der Waals surface area contributed by atoms with Crippen LogP contribution in [0, 0.1) is 0 Å². The summed E-state index contributed by atoms with van der Waals surface area (Å²) in [5.74, 6) is 1.42. The first kappa shape index (κ1) is 17.1. The Balaban J connectivity index is 1.35. The summed E-state index contributed by atoms with van der Waals surface area (Å²) in [5, 5.41) is 10.9.